The third-order valence-electron chi connectivity index (χ3n) is 3.15. The van der Waals surface area contributed by atoms with E-state index < -0.39 is 11.9 Å². The largest absolute Gasteiger partial charge is 0.459 e. The van der Waals surface area contributed by atoms with Crippen LogP contribution in [0.4, 0.5) is 0 Å². The van der Waals surface area contributed by atoms with E-state index in [0.717, 1.165) is 11.1 Å². The summed E-state index contributed by atoms with van der Waals surface area (Å²) in [6, 6.07) is 19.5. The minimum absolute atomic E-state index is 0.170. The van der Waals surface area contributed by atoms with Crippen molar-refractivity contribution in [1.82, 2.24) is 10.4 Å². The Labute approximate surface area is 135 Å². The van der Waals surface area contributed by atoms with Gasteiger partial charge in [0, 0.05) is 13.1 Å². The average Bonchev–Trinajstić information content (AvgIpc) is 2.57. The molecule has 0 unspecified atom stereocenters. The van der Waals surface area contributed by atoms with Crippen LogP contribution in [-0.4, -0.2) is 23.5 Å². The Kier molecular flexibility index (Phi) is 6.32. The number of nitrogens with zero attached hydrogens (tertiary/aromatic N) is 1. The first kappa shape index (κ1) is 16.7. The number of benzene rings is 2. The highest BCUT2D eigenvalue weighted by atomic mass is 16.5. The summed E-state index contributed by atoms with van der Waals surface area (Å²) in [7, 11) is 0. The molecule has 120 valence electrons. The number of esters is 1. The van der Waals surface area contributed by atoms with Gasteiger partial charge in [-0.3, -0.25) is 10.2 Å². The summed E-state index contributed by atoms with van der Waals surface area (Å²) in [4.78, 5) is 23.4. The molecule has 0 saturated heterocycles. The number of carbonyl (C=O) groups is 2. The second-order valence-electron chi connectivity index (χ2n) is 4.99. The molecule has 0 aromatic heterocycles. The van der Waals surface area contributed by atoms with Gasteiger partial charge < -0.3 is 4.74 Å². The maximum absolute atomic E-state index is 11.9. The number of amides is 1. The van der Waals surface area contributed by atoms with Crippen LogP contribution in [0.3, 0.4) is 0 Å². The van der Waals surface area contributed by atoms with Crippen LogP contribution >= 0.6 is 0 Å². The molecule has 0 spiro atoms. The molecule has 2 aromatic rings. The zero-order chi connectivity index (χ0) is 16.5. The minimum Gasteiger partial charge on any atom is -0.459 e. The zero-order valence-electron chi connectivity index (χ0n) is 13.1. The van der Waals surface area contributed by atoms with Gasteiger partial charge in [-0.15, -0.1) is 0 Å². The number of carbonyl (C=O) groups excluding carboxylic acids is 2. The molecule has 1 amide bonds. The Balaban J connectivity index is 2.07. The van der Waals surface area contributed by atoms with Crippen molar-refractivity contribution in [2.45, 2.75) is 20.0 Å². The van der Waals surface area contributed by atoms with Gasteiger partial charge in [-0.05, 0) is 18.1 Å². The van der Waals surface area contributed by atoms with Crippen molar-refractivity contribution in [1.29, 1.82) is 0 Å². The fourth-order valence-corrected chi connectivity index (χ4v) is 2.13. The van der Waals surface area contributed by atoms with E-state index in [4.69, 9.17) is 4.74 Å². The second-order valence-corrected chi connectivity index (χ2v) is 4.99. The first-order valence-electron chi connectivity index (χ1n) is 7.49. The third kappa shape index (κ3) is 5.56. The van der Waals surface area contributed by atoms with Gasteiger partial charge in [0.2, 0.25) is 0 Å². The molecule has 0 saturated carbocycles. The van der Waals surface area contributed by atoms with Gasteiger partial charge in [-0.25, -0.2) is 9.80 Å². The summed E-state index contributed by atoms with van der Waals surface area (Å²) in [6.07, 6.45) is 0. The Morgan fingerprint density at radius 2 is 1.39 bits per heavy atom. The highest BCUT2D eigenvalue weighted by Gasteiger charge is 2.18. The van der Waals surface area contributed by atoms with E-state index in [2.05, 4.69) is 5.43 Å². The summed E-state index contributed by atoms with van der Waals surface area (Å²) in [5, 5.41) is 1.70. The molecule has 0 heterocycles. The van der Waals surface area contributed by atoms with Crippen LogP contribution in [0, 0.1) is 0 Å². The Morgan fingerprint density at radius 1 is 0.913 bits per heavy atom. The molecule has 23 heavy (non-hydrogen) atoms. The Morgan fingerprint density at radius 3 is 1.83 bits per heavy atom. The Bertz CT molecular complexity index is 588. The van der Waals surface area contributed by atoms with E-state index in [-0.39, 0.29) is 6.61 Å². The van der Waals surface area contributed by atoms with Crippen molar-refractivity contribution in [3.8, 4) is 0 Å². The van der Waals surface area contributed by atoms with E-state index in [1.54, 1.807) is 11.9 Å². The van der Waals surface area contributed by atoms with Gasteiger partial charge in [0.1, 0.15) is 0 Å². The predicted molar refractivity (Wildman–Crippen MR) is 86.9 cm³/mol. The standard InChI is InChI=1S/C18H20N2O3/c1-2-23-18(22)17(21)19-20(13-15-9-5-3-6-10-15)14-16-11-7-4-8-12-16/h3-12H,2,13-14H2,1H3,(H,19,21). The molecule has 5 nitrogen and oxygen atoms in total. The second kappa shape index (κ2) is 8.70. The smallest absolute Gasteiger partial charge is 0.398 e. The van der Waals surface area contributed by atoms with Crippen molar-refractivity contribution < 1.29 is 14.3 Å². The van der Waals surface area contributed by atoms with Crippen molar-refractivity contribution in [2.75, 3.05) is 6.61 Å². The number of rotatable bonds is 6. The minimum atomic E-state index is -0.876. The van der Waals surface area contributed by atoms with E-state index in [1.165, 1.54) is 0 Å². The molecular formula is C18H20N2O3. The first-order chi connectivity index (χ1) is 11.2. The summed E-state index contributed by atoms with van der Waals surface area (Å²) in [6.45, 7) is 2.81. The molecule has 2 rings (SSSR count). The maximum atomic E-state index is 11.9. The van der Waals surface area contributed by atoms with Crippen LogP contribution in [0.25, 0.3) is 0 Å². The molecule has 1 N–H and O–H groups in total. The number of hydrogen-bond acceptors (Lipinski definition) is 4. The topological polar surface area (TPSA) is 58.6 Å². The lowest BCUT2D eigenvalue weighted by molar-refractivity contribution is -0.157. The van der Waals surface area contributed by atoms with Gasteiger partial charge in [-0.1, -0.05) is 60.7 Å². The highest BCUT2D eigenvalue weighted by Crippen LogP contribution is 2.08. The van der Waals surface area contributed by atoms with E-state index in [0.29, 0.717) is 13.1 Å². The SMILES string of the molecule is CCOC(=O)C(=O)NN(Cc1ccccc1)Cc1ccccc1. The molecule has 0 atom stereocenters. The van der Waals surface area contributed by atoms with Crippen LogP contribution in [0.15, 0.2) is 60.7 Å². The van der Waals surface area contributed by atoms with Crippen LogP contribution in [0.2, 0.25) is 0 Å². The molecule has 2 aromatic carbocycles. The molecule has 0 bridgehead atoms. The summed E-state index contributed by atoms with van der Waals surface area (Å²) < 4.78 is 4.73. The van der Waals surface area contributed by atoms with Crippen molar-refractivity contribution in [2.24, 2.45) is 0 Å². The van der Waals surface area contributed by atoms with Crippen LogP contribution < -0.4 is 5.43 Å². The summed E-state index contributed by atoms with van der Waals surface area (Å²) in [5.74, 6) is -1.64. The lowest BCUT2D eigenvalue weighted by atomic mass is 10.2. The number of hydrazine groups is 1. The van der Waals surface area contributed by atoms with Crippen molar-refractivity contribution in [3.05, 3.63) is 71.8 Å². The van der Waals surface area contributed by atoms with E-state index in [1.807, 2.05) is 60.7 Å². The van der Waals surface area contributed by atoms with Gasteiger partial charge in [-0.2, -0.15) is 0 Å². The fourth-order valence-electron chi connectivity index (χ4n) is 2.13. The molecule has 0 radical (unpaired) electrons. The van der Waals surface area contributed by atoms with E-state index in [9.17, 15) is 9.59 Å². The fraction of sp³-hybridized carbons (Fsp3) is 0.222. The normalized spacial score (nSPS) is 10.3. The first-order valence-corrected chi connectivity index (χ1v) is 7.49. The van der Waals surface area contributed by atoms with Crippen LogP contribution in [0.1, 0.15) is 18.1 Å². The molecule has 0 aliphatic rings. The molecular weight excluding hydrogens is 292 g/mol. The maximum Gasteiger partial charge on any atom is 0.398 e. The van der Waals surface area contributed by atoms with Crippen molar-refractivity contribution in [3.63, 3.8) is 0 Å². The number of ether oxygens (including phenoxy) is 1. The van der Waals surface area contributed by atoms with Crippen molar-refractivity contribution >= 4 is 11.9 Å². The van der Waals surface area contributed by atoms with Crippen LogP contribution in [0.5, 0.6) is 0 Å². The lowest BCUT2D eigenvalue weighted by Gasteiger charge is -2.23. The summed E-state index contributed by atoms with van der Waals surface area (Å²) in [5.41, 5.74) is 4.69. The Hall–Kier alpha value is -2.66. The van der Waals surface area contributed by atoms with Crippen LogP contribution in [-0.2, 0) is 27.4 Å². The monoisotopic (exact) mass is 312 g/mol. The van der Waals surface area contributed by atoms with Gasteiger partial charge in [0.15, 0.2) is 0 Å². The quantitative estimate of drug-likeness (QED) is 0.505. The third-order valence-corrected chi connectivity index (χ3v) is 3.15. The van der Waals surface area contributed by atoms with Gasteiger partial charge >= 0.3 is 11.9 Å². The lowest BCUT2D eigenvalue weighted by Crippen LogP contribution is -2.45. The predicted octanol–water partition coefficient (Wildman–Crippen LogP) is 2.28. The molecule has 5 heteroatoms. The van der Waals surface area contributed by atoms with Gasteiger partial charge in [0.25, 0.3) is 0 Å². The molecule has 0 aliphatic carbocycles. The van der Waals surface area contributed by atoms with E-state index >= 15 is 0 Å². The summed E-state index contributed by atoms with van der Waals surface area (Å²) >= 11 is 0. The highest BCUT2D eigenvalue weighted by molar-refractivity contribution is 6.32. The molecule has 0 aliphatic heterocycles. The average molecular weight is 312 g/mol. The number of nitrogens with one attached hydrogen (secondary N) is 1. The zero-order valence-corrected chi connectivity index (χ0v) is 13.1. The number of hydrogen-bond donors (Lipinski definition) is 1. The van der Waals surface area contributed by atoms with Gasteiger partial charge in [0.05, 0.1) is 6.61 Å². The molecule has 0 fully saturated rings.